The van der Waals surface area contributed by atoms with Gasteiger partial charge in [0.1, 0.15) is 0 Å². The minimum atomic E-state index is 0.136. The molecule has 3 unspecified atom stereocenters. The van der Waals surface area contributed by atoms with Crippen molar-refractivity contribution in [1.82, 2.24) is 10.2 Å². The first-order chi connectivity index (χ1) is 9.31. The largest absolute Gasteiger partial charge is 0.392 e. The first kappa shape index (κ1) is 13.1. The van der Waals surface area contributed by atoms with E-state index in [0.717, 1.165) is 30.0 Å². The molecule has 2 heterocycles. The van der Waals surface area contributed by atoms with Crippen LogP contribution in [-0.4, -0.2) is 35.7 Å². The smallest absolute Gasteiger partial charge is 0.0681 e. The number of likely N-dealkylation sites (tertiary alicyclic amines) is 1. The molecule has 2 aliphatic rings. The molecule has 0 spiro atoms. The second-order valence-electron chi connectivity index (χ2n) is 5.96. The molecule has 2 N–H and O–H groups in total. The molecule has 104 valence electrons. The highest BCUT2D eigenvalue weighted by atomic mass is 16.3. The van der Waals surface area contributed by atoms with Crippen molar-refractivity contribution in [3.8, 4) is 0 Å². The van der Waals surface area contributed by atoms with Gasteiger partial charge in [-0.25, -0.2) is 0 Å². The summed E-state index contributed by atoms with van der Waals surface area (Å²) in [5.74, 6) is 1.70. The molecule has 2 saturated heterocycles. The number of aliphatic hydroxyl groups excluding tert-OH is 1. The van der Waals surface area contributed by atoms with Gasteiger partial charge in [-0.15, -0.1) is 0 Å². The lowest BCUT2D eigenvalue weighted by Crippen LogP contribution is -2.34. The third-order valence-corrected chi connectivity index (χ3v) is 4.83. The zero-order valence-corrected chi connectivity index (χ0v) is 11.7. The van der Waals surface area contributed by atoms with Gasteiger partial charge in [0.25, 0.3) is 0 Å². The van der Waals surface area contributed by atoms with Crippen LogP contribution >= 0.6 is 0 Å². The lowest BCUT2D eigenvalue weighted by Gasteiger charge is -2.26. The zero-order valence-electron chi connectivity index (χ0n) is 11.7. The van der Waals surface area contributed by atoms with Crippen molar-refractivity contribution in [1.29, 1.82) is 0 Å². The van der Waals surface area contributed by atoms with Crippen LogP contribution in [0.25, 0.3) is 0 Å². The maximum absolute atomic E-state index is 9.08. The van der Waals surface area contributed by atoms with E-state index >= 15 is 0 Å². The average molecular weight is 260 g/mol. The maximum atomic E-state index is 9.08. The van der Waals surface area contributed by atoms with Gasteiger partial charge >= 0.3 is 0 Å². The third-order valence-electron chi connectivity index (χ3n) is 4.83. The van der Waals surface area contributed by atoms with Gasteiger partial charge in [0, 0.05) is 19.1 Å². The van der Waals surface area contributed by atoms with Crippen LogP contribution < -0.4 is 5.32 Å². The molecule has 0 radical (unpaired) electrons. The summed E-state index contributed by atoms with van der Waals surface area (Å²) in [5, 5.41) is 12.6. The molecule has 2 fully saturated rings. The summed E-state index contributed by atoms with van der Waals surface area (Å²) < 4.78 is 0. The molecule has 2 aliphatic heterocycles. The van der Waals surface area contributed by atoms with Crippen molar-refractivity contribution >= 4 is 0 Å². The highest BCUT2D eigenvalue weighted by molar-refractivity contribution is 5.22. The molecular weight excluding hydrogens is 236 g/mol. The molecule has 0 amide bonds. The maximum Gasteiger partial charge on any atom is 0.0681 e. The SMILES string of the molecule is CCC1C2CNCC2CN1Cc1ccc(CO)cc1. The van der Waals surface area contributed by atoms with E-state index in [0.29, 0.717) is 0 Å². The number of fused-ring (bicyclic) bond motifs is 1. The number of nitrogens with zero attached hydrogens (tertiary/aromatic N) is 1. The summed E-state index contributed by atoms with van der Waals surface area (Å²) in [6, 6.07) is 9.12. The molecule has 0 saturated carbocycles. The van der Waals surface area contributed by atoms with Crippen molar-refractivity contribution in [2.24, 2.45) is 11.8 Å². The zero-order chi connectivity index (χ0) is 13.2. The fourth-order valence-electron chi connectivity index (χ4n) is 3.84. The van der Waals surface area contributed by atoms with Crippen molar-refractivity contribution in [3.05, 3.63) is 35.4 Å². The Kier molecular flexibility index (Phi) is 3.87. The third kappa shape index (κ3) is 2.55. The molecule has 3 rings (SSSR count). The Morgan fingerprint density at radius 3 is 2.63 bits per heavy atom. The number of benzene rings is 1. The lowest BCUT2D eigenvalue weighted by molar-refractivity contribution is 0.210. The van der Waals surface area contributed by atoms with Gasteiger partial charge in [-0.05, 0) is 42.5 Å². The Morgan fingerprint density at radius 1 is 1.21 bits per heavy atom. The van der Waals surface area contributed by atoms with Gasteiger partial charge in [0.15, 0.2) is 0 Å². The quantitative estimate of drug-likeness (QED) is 0.863. The van der Waals surface area contributed by atoms with Gasteiger partial charge < -0.3 is 10.4 Å². The summed E-state index contributed by atoms with van der Waals surface area (Å²) in [5.41, 5.74) is 2.36. The number of rotatable bonds is 4. The predicted octanol–water partition coefficient (Wildman–Crippen LogP) is 1.61. The number of nitrogens with one attached hydrogen (secondary N) is 1. The molecule has 3 nitrogen and oxygen atoms in total. The highest BCUT2D eigenvalue weighted by Crippen LogP contribution is 2.35. The molecule has 0 bridgehead atoms. The summed E-state index contributed by atoms with van der Waals surface area (Å²) in [6.45, 7) is 7.13. The summed E-state index contributed by atoms with van der Waals surface area (Å²) >= 11 is 0. The standard InChI is InChI=1S/C16H24N2O/c1-2-16-15-8-17-7-14(15)10-18(16)9-12-3-5-13(11-19)6-4-12/h3-6,14-17,19H,2,7-11H2,1H3. The first-order valence-corrected chi connectivity index (χ1v) is 7.45. The van der Waals surface area contributed by atoms with Crippen LogP contribution in [0.4, 0.5) is 0 Å². The Morgan fingerprint density at radius 2 is 1.95 bits per heavy atom. The second-order valence-corrected chi connectivity index (χ2v) is 5.96. The van der Waals surface area contributed by atoms with Crippen LogP contribution in [0.3, 0.4) is 0 Å². The van der Waals surface area contributed by atoms with E-state index in [1.807, 2.05) is 12.1 Å². The number of aliphatic hydroxyl groups is 1. The molecule has 3 heteroatoms. The molecule has 1 aromatic carbocycles. The van der Waals surface area contributed by atoms with Crippen molar-refractivity contribution in [2.75, 3.05) is 19.6 Å². The summed E-state index contributed by atoms with van der Waals surface area (Å²) in [7, 11) is 0. The lowest BCUT2D eigenvalue weighted by atomic mass is 9.93. The Bertz CT molecular complexity index is 417. The first-order valence-electron chi connectivity index (χ1n) is 7.45. The fourth-order valence-corrected chi connectivity index (χ4v) is 3.84. The van der Waals surface area contributed by atoms with Gasteiger partial charge in [0.05, 0.1) is 6.61 Å². The number of hydrogen-bond acceptors (Lipinski definition) is 3. The molecular formula is C16H24N2O. The van der Waals surface area contributed by atoms with Crippen molar-refractivity contribution < 1.29 is 5.11 Å². The molecule has 0 aliphatic carbocycles. The van der Waals surface area contributed by atoms with Gasteiger partial charge in [-0.1, -0.05) is 31.2 Å². The fraction of sp³-hybridized carbons (Fsp3) is 0.625. The predicted molar refractivity (Wildman–Crippen MR) is 76.7 cm³/mol. The molecule has 0 aromatic heterocycles. The van der Waals surface area contributed by atoms with Crippen LogP contribution in [0.2, 0.25) is 0 Å². The summed E-state index contributed by atoms with van der Waals surface area (Å²) in [4.78, 5) is 2.66. The van der Waals surface area contributed by atoms with E-state index in [-0.39, 0.29) is 6.61 Å². The van der Waals surface area contributed by atoms with E-state index in [2.05, 4.69) is 29.3 Å². The molecule has 1 aromatic rings. The van der Waals surface area contributed by atoms with Crippen molar-refractivity contribution in [2.45, 2.75) is 32.5 Å². The van der Waals surface area contributed by atoms with Gasteiger partial charge in [-0.2, -0.15) is 0 Å². The Hall–Kier alpha value is -0.900. The summed E-state index contributed by atoms with van der Waals surface area (Å²) in [6.07, 6.45) is 1.25. The van der Waals surface area contributed by atoms with E-state index in [1.54, 1.807) is 0 Å². The minimum absolute atomic E-state index is 0.136. The van der Waals surface area contributed by atoms with E-state index < -0.39 is 0 Å². The monoisotopic (exact) mass is 260 g/mol. The topological polar surface area (TPSA) is 35.5 Å². The van der Waals surface area contributed by atoms with Gasteiger partial charge in [-0.3, -0.25) is 4.90 Å². The van der Waals surface area contributed by atoms with Crippen LogP contribution in [0.15, 0.2) is 24.3 Å². The van der Waals surface area contributed by atoms with Crippen molar-refractivity contribution in [3.63, 3.8) is 0 Å². The van der Waals surface area contributed by atoms with E-state index in [4.69, 9.17) is 5.11 Å². The molecule has 3 atom stereocenters. The van der Waals surface area contributed by atoms with Crippen LogP contribution in [0.5, 0.6) is 0 Å². The second kappa shape index (κ2) is 5.61. The van der Waals surface area contributed by atoms with Crippen LogP contribution in [0.1, 0.15) is 24.5 Å². The number of hydrogen-bond donors (Lipinski definition) is 2. The van der Waals surface area contributed by atoms with Gasteiger partial charge in [0.2, 0.25) is 0 Å². The normalized spacial score (nSPS) is 30.7. The van der Waals surface area contributed by atoms with Crippen LogP contribution in [0, 0.1) is 11.8 Å². The van der Waals surface area contributed by atoms with Crippen LogP contribution in [-0.2, 0) is 13.2 Å². The average Bonchev–Trinajstić information content (AvgIpc) is 3.00. The van der Waals surface area contributed by atoms with E-state index in [9.17, 15) is 0 Å². The molecule has 19 heavy (non-hydrogen) atoms. The van der Waals surface area contributed by atoms with E-state index in [1.165, 1.54) is 31.6 Å². The minimum Gasteiger partial charge on any atom is -0.392 e. The highest BCUT2D eigenvalue weighted by Gasteiger charge is 2.42. The Labute approximate surface area is 115 Å². The Balaban J connectivity index is 1.68.